The van der Waals surface area contributed by atoms with Crippen LogP contribution in [-0.2, 0) is 20.1 Å². The zero-order valence-corrected chi connectivity index (χ0v) is 12.7. The average molecular weight is 300 g/mol. The summed E-state index contributed by atoms with van der Waals surface area (Å²) in [6.45, 7) is 1.17. The van der Waals surface area contributed by atoms with Gasteiger partial charge in [0, 0.05) is 32.4 Å². The molecule has 7 heteroatoms. The molecule has 0 saturated heterocycles. The highest BCUT2D eigenvalue weighted by atomic mass is 16.1. The number of amides is 1. The van der Waals surface area contributed by atoms with Gasteiger partial charge in [-0.1, -0.05) is 12.1 Å². The predicted molar refractivity (Wildman–Crippen MR) is 85.2 cm³/mol. The number of primary amides is 1. The van der Waals surface area contributed by atoms with Crippen molar-refractivity contribution in [2.75, 3.05) is 7.05 Å². The Morgan fingerprint density at radius 3 is 2.73 bits per heavy atom. The summed E-state index contributed by atoms with van der Waals surface area (Å²) < 4.78 is 1.80. The lowest BCUT2D eigenvalue weighted by molar-refractivity contribution is 0.1000. The summed E-state index contributed by atoms with van der Waals surface area (Å²) in [5.41, 5.74) is 7.79. The number of hydrogen-bond donors (Lipinski definition) is 3. The molecule has 0 aliphatic rings. The minimum atomic E-state index is -0.430. The molecule has 0 atom stereocenters. The molecular formula is C15H20N6O. The van der Waals surface area contributed by atoms with Crippen molar-refractivity contribution in [2.45, 2.75) is 13.1 Å². The maximum atomic E-state index is 11.2. The van der Waals surface area contributed by atoms with E-state index in [-0.39, 0.29) is 0 Å². The van der Waals surface area contributed by atoms with Crippen molar-refractivity contribution in [1.29, 1.82) is 0 Å². The number of nitrogens with two attached hydrogens (primary N) is 1. The van der Waals surface area contributed by atoms with Gasteiger partial charge in [0.25, 0.3) is 0 Å². The minimum Gasteiger partial charge on any atom is -0.366 e. The van der Waals surface area contributed by atoms with E-state index >= 15 is 0 Å². The lowest BCUT2D eigenvalue weighted by atomic mass is 10.1. The molecule has 0 unspecified atom stereocenters. The first-order valence-electron chi connectivity index (χ1n) is 6.90. The summed E-state index contributed by atoms with van der Waals surface area (Å²) in [6.07, 6.45) is 1.75. The predicted octanol–water partition coefficient (Wildman–Crippen LogP) is 0.384. The number of carbonyl (C=O) groups is 1. The minimum absolute atomic E-state index is 0.430. The molecule has 2 aromatic rings. The van der Waals surface area contributed by atoms with Crippen LogP contribution in [0.3, 0.4) is 0 Å². The standard InChI is InChI=1S/C15H20N6O/c1-17-15(19-10-13-6-7-20-21(13)2)18-9-11-4-3-5-12(8-11)14(16)22/h3-8H,9-10H2,1-2H3,(H2,16,22)(H2,17,18,19). The summed E-state index contributed by atoms with van der Waals surface area (Å²) in [5, 5.41) is 10.5. The molecule has 0 aliphatic carbocycles. The Balaban J connectivity index is 1.90. The average Bonchev–Trinajstić information content (AvgIpc) is 2.93. The summed E-state index contributed by atoms with van der Waals surface area (Å²) in [4.78, 5) is 15.3. The van der Waals surface area contributed by atoms with Gasteiger partial charge < -0.3 is 16.4 Å². The molecule has 7 nitrogen and oxygen atoms in total. The van der Waals surface area contributed by atoms with E-state index in [1.807, 2.05) is 25.2 Å². The monoisotopic (exact) mass is 300 g/mol. The number of aromatic nitrogens is 2. The van der Waals surface area contributed by atoms with Crippen molar-refractivity contribution in [2.24, 2.45) is 17.8 Å². The molecule has 2 rings (SSSR count). The molecule has 116 valence electrons. The molecule has 22 heavy (non-hydrogen) atoms. The fraction of sp³-hybridized carbons (Fsp3) is 0.267. The molecule has 0 radical (unpaired) electrons. The van der Waals surface area contributed by atoms with Gasteiger partial charge in [-0.2, -0.15) is 5.10 Å². The molecule has 1 heterocycles. The number of nitrogens with zero attached hydrogens (tertiary/aromatic N) is 3. The van der Waals surface area contributed by atoms with E-state index in [9.17, 15) is 4.79 Å². The van der Waals surface area contributed by atoms with Crippen molar-refractivity contribution in [3.8, 4) is 0 Å². The zero-order chi connectivity index (χ0) is 15.9. The SMILES string of the molecule is CN=C(NCc1cccc(C(N)=O)c1)NCc1ccnn1C. The van der Waals surface area contributed by atoms with Crippen LogP contribution in [0.25, 0.3) is 0 Å². The smallest absolute Gasteiger partial charge is 0.248 e. The molecular weight excluding hydrogens is 280 g/mol. The highest BCUT2D eigenvalue weighted by molar-refractivity contribution is 5.92. The second-order valence-corrected chi connectivity index (χ2v) is 4.79. The summed E-state index contributed by atoms with van der Waals surface area (Å²) in [5.74, 6) is 0.242. The first kappa shape index (κ1) is 15.6. The van der Waals surface area contributed by atoms with Crippen LogP contribution in [0, 0.1) is 0 Å². The lowest BCUT2D eigenvalue weighted by Crippen LogP contribution is -2.36. The van der Waals surface area contributed by atoms with Gasteiger partial charge in [0.05, 0.1) is 12.2 Å². The number of rotatable bonds is 5. The number of hydrogen-bond acceptors (Lipinski definition) is 3. The number of carbonyl (C=O) groups excluding carboxylic acids is 1. The lowest BCUT2D eigenvalue weighted by Gasteiger charge is -2.12. The number of benzene rings is 1. The van der Waals surface area contributed by atoms with Crippen molar-refractivity contribution >= 4 is 11.9 Å². The molecule has 1 aromatic heterocycles. The summed E-state index contributed by atoms with van der Waals surface area (Å²) in [7, 11) is 3.60. The van der Waals surface area contributed by atoms with Crippen LogP contribution in [0.15, 0.2) is 41.5 Å². The Kier molecular flexibility index (Phi) is 5.13. The largest absolute Gasteiger partial charge is 0.366 e. The number of aryl methyl sites for hydroxylation is 1. The van der Waals surface area contributed by atoms with E-state index in [4.69, 9.17) is 5.73 Å². The molecule has 0 saturated carbocycles. The van der Waals surface area contributed by atoms with Gasteiger partial charge >= 0.3 is 0 Å². The third kappa shape index (κ3) is 4.08. The first-order valence-corrected chi connectivity index (χ1v) is 6.90. The van der Waals surface area contributed by atoms with Crippen molar-refractivity contribution in [3.63, 3.8) is 0 Å². The molecule has 0 spiro atoms. The van der Waals surface area contributed by atoms with E-state index in [0.717, 1.165) is 11.3 Å². The maximum absolute atomic E-state index is 11.2. The van der Waals surface area contributed by atoms with Gasteiger partial charge in [-0.05, 0) is 23.8 Å². The Morgan fingerprint density at radius 2 is 2.09 bits per heavy atom. The fourth-order valence-corrected chi connectivity index (χ4v) is 1.99. The number of aliphatic imine (C=N–C) groups is 1. The van der Waals surface area contributed by atoms with Crippen LogP contribution in [0.4, 0.5) is 0 Å². The normalized spacial score (nSPS) is 11.3. The second kappa shape index (κ2) is 7.26. The zero-order valence-electron chi connectivity index (χ0n) is 12.7. The third-order valence-electron chi connectivity index (χ3n) is 3.25. The summed E-state index contributed by atoms with van der Waals surface area (Å²) in [6, 6.07) is 9.14. The van der Waals surface area contributed by atoms with Crippen LogP contribution in [0.1, 0.15) is 21.6 Å². The Bertz CT molecular complexity index is 676. The Hall–Kier alpha value is -2.83. The van der Waals surface area contributed by atoms with Crippen LogP contribution in [0.5, 0.6) is 0 Å². The number of nitrogens with one attached hydrogen (secondary N) is 2. The quantitative estimate of drug-likeness (QED) is 0.549. The van der Waals surface area contributed by atoms with Crippen molar-refractivity contribution in [1.82, 2.24) is 20.4 Å². The highest BCUT2D eigenvalue weighted by Gasteiger charge is 2.04. The van der Waals surface area contributed by atoms with Gasteiger partial charge in [-0.15, -0.1) is 0 Å². The van der Waals surface area contributed by atoms with Crippen LogP contribution < -0.4 is 16.4 Å². The van der Waals surface area contributed by atoms with Gasteiger partial charge in [-0.25, -0.2) is 0 Å². The number of guanidine groups is 1. The van der Waals surface area contributed by atoms with Crippen LogP contribution in [-0.4, -0.2) is 28.7 Å². The first-order chi connectivity index (χ1) is 10.6. The Labute approximate surface area is 129 Å². The topological polar surface area (TPSA) is 97.3 Å². The fourth-order valence-electron chi connectivity index (χ4n) is 1.99. The van der Waals surface area contributed by atoms with Gasteiger partial charge in [0.1, 0.15) is 0 Å². The van der Waals surface area contributed by atoms with E-state index in [0.29, 0.717) is 24.6 Å². The maximum Gasteiger partial charge on any atom is 0.248 e. The molecule has 0 bridgehead atoms. The van der Waals surface area contributed by atoms with Crippen LogP contribution >= 0.6 is 0 Å². The van der Waals surface area contributed by atoms with E-state index in [2.05, 4.69) is 20.7 Å². The summed E-state index contributed by atoms with van der Waals surface area (Å²) >= 11 is 0. The molecule has 1 aromatic carbocycles. The van der Waals surface area contributed by atoms with E-state index < -0.39 is 5.91 Å². The van der Waals surface area contributed by atoms with E-state index in [1.165, 1.54) is 0 Å². The van der Waals surface area contributed by atoms with Crippen LogP contribution in [0.2, 0.25) is 0 Å². The third-order valence-corrected chi connectivity index (χ3v) is 3.25. The molecule has 0 aliphatic heterocycles. The highest BCUT2D eigenvalue weighted by Crippen LogP contribution is 2.04. The van der Waals surface area contributed by atoms with Crippen molar-refractivity contribution < 1.29 is 4.79 Å². The molecule has 4 N–H and O–H groups in total. The molecule has 1 amide bonds. The van der Waals surface area contributed by atoms with Crippen molar-refractivity contribution in [3.05, 3.63) is 53.3 Å². The molecule has 0 fully saturated rings. The van der Waals surface area contributed by atoms with Gasteiger partial charge in [0.15, 0.2) is 5.96 Å². The van der Waals surface area contributed by atoms with E-state index in [1.54, 1.807) is 30.1 Å². The second-order valence-electron chi connectivity index (χ2n) is 4.79. The van der Waals surface area contributed by atoms with Gasteiger partial charge in [-0.3, -0.25) is 14.5 Å². The van der Waals surface area contributed by atoms with Gasteiger partial charge in [0.2, 0.25) is 5.91 Å². The Morgan fingerprint density at radius 1 is 1.32 bits per heavy atom.